The van der Waals surface area contributed by atoms with Crippen LogP contribution in [0.4, 0.5) is 13.2 Å². The highest BCUT2D eigenvalue weighted by Gasteiger charge is 2.30. The van der Waals surface area contributed by atoms with E-state index in [1.165, 1.54) is 24.3 Å². The fraction of sp³-hybridized carbons (Fsp3) is 0.500. The van der Waals surface area contributed by atoms with Gasteiger partial charge in [0, 0.05) is 19.0 Å². The molecule has 1 atom stereocenters. The molecule has 0 aliphatic rings. The largest absolute Gasteiger partial charge is 0.573 e. The summed E-state index contributed by atoms with van der Waals surface area (Å²) in [5.41, 5.74) is 0.779. The van der Waals surface area contributed by atoms with E-state index in [-0.39, 0.29) is 36.5 Å². The van der Waals surface area contributed by atoms with Crippen LogP contribution >= 0.6 is 12.4 Å². The third kappa shape index (κ3) is 8.74. The number of likely N-dealkylation sites (N-methyl/N-ethyl adjacent to an activating group) is 1. The lowest BCUT2D eigenvalue weighted by atomic mass is 10.1. The number of alkyl halides is 3. The minimum absolute atomic E-state index is 0. The maximum absolute atomic E-state index is 12.0. The van der Waals surface area contributed by atoms with Crippen molar-refractivity contribution in [2.75, 3.05) is 13.6 Å². The van der Waals surface area contributed by atoms with Crippen LogP contribution in [0.25, 0.3) is 0 Å². The molecule has 1 rings (SSSR count). The van der Waals surface area contributed by atoms with E-state index in [2.05, 4.69) is 15.4 Å². The molecule has 0 spiro atoms. The number of benzene rings is 1. The molecule has 0 bridgehead atoms. The molecule has 0 aromatic heterocycles. The second-order valence-electron chi connectivity index (χ2n) is 4.69. The van der Waals surface area contributed by atoms with Crippen molar-refractivity contribution in [1.29, 1.82) is 0 Å². The van der Waals surface area contributed by atoms with Gasteiger partial charge in [0.25, 0.3) is 0 Å². The fourth-order valence-electron chi connectivity index (χ4n) is 1.57. The Morgan fingerprint density at radius 2 is 1.86 bits per heavy atom. The van der Waals surface area contributed by atoms with Gasteiger partial charge in [-0.15, -0.1) is 25.6 Å². The van der Waals surface area contributed by atoms with Crippen LogP contribution < -0.4 is 15.4 Å². The summed E-state index contributed by atoms with van der Waals surface area (Å²) in [5.74, 6) is -0.355. The molecule has 0 radical (unpaired) electrons. The quantitative estimate of drug-likeness (QED) is 0.802. The number of carbonyl (C=O) groups is 1. The monoisotopic (exact) mass is 340 g/mol. The third-order valence-corrected chi connectivity index (χ3v) is 2.90. The first-order valence-electron chi connectivity index (χ1n) is 6.59. The van der Waals surface area contributed by atoms with Crippen LogP contribution in [-0.2, 0) is 11.2 Å². The standard InChI is InChI=1S/C14H19F3N2O2.ClH/c1-10(18-2)9-19-13(20)8-5-11-3-6-12(7-4-11)21-14(15,16)17;/h3-4,6-7,10,18H,5,8-9H2,1-2H3,(H,19,20);1H. The average Bonchev–Trinajstić information content (AvgIpc) is 2.42. The smallest absolute Gasteiger partial charge is 0.406 e. The van der Waals surface area contributed by atoms with Crippen molar-refractivity contribution >= 4 is 18.3 Å². The molecule has 1 amide bonds. The molecule has 4 nitrogen and oxygen atoms in total. The van der Waals surface area contributed by atoms with Crippen LogP contribution in [0.5, 0.6) is 5.75 Å². The zero-order valence-corrected chi connectivity index (χ0v) is 13.2. The molecule has 1 unspecified atom stereocenters. The number of halogens is 4. The Bertz CT molecular complexity index is 452. The topological polar surface area (TPSA) is 50.4 Å². The average molecular weight is 341 g/mol. The molecule has 0 aliphatic carbocycles. The van der Waals surface area contributed by atoms with Crippen molar-refractivity contribution < 1.29 is 22.7 Å². The van der Waals surface area contributed by atoms with Crippen molar-refractivity contribution in [2.24, 2.45) is 0 Å². The number of rotatable bonds is 7. The molecule has 1 aromatic rings. The van der Waals surface area contributed by atoms with Gasteiger partial charge in [0.2, 0.25) is 5.91 Å². The van der Waals surface area contributed by atoms with Crippen LogP contribution in [0.2, 0.25) is 0 Å². The van der Waals surface area contributed by atoms with Crippen LogP contribution in [-0.4, -0.2) is 31.9 Å². The number of hydrogen-bond acceptors (Lipinski definition) is 3. The Balaban J connectivity index is 0.00000441. The second kappa shape index (κ2) is 9.53. The summed E-state index contributed by atoms with van der Waals surface area (Å²) in [4.78, 5) is 11.6. The van der Waals surface area contributed by atoms with E-state index in [1.54, 1.807) is 7.05 Å². The first kappa shape index (κ1) is 20.5. The van der Waals surface area contributed by atoms with Crippen LogP contribution in [0, 0.1) is 0 Å². The SMILES string of the molecule is CNC(C)CNC(=O)CCc1ccc(OC(F)(F)F)cc1.Cl. The number of ether oxygens (including phenoxy) is 1. The van der Waals surface area contributed by atoms with E-state index in [4.69, 9.17) is 0 Å². The summed E-state index contributed by atoms with van der Waals surface area (Å²) in [7, 11) is 1.81. The van der Waals surface area contributed by atoms with E-state index >= 15 is 0 Å². The van der Waals surface area contributed by atoms with Gasteiger partial charge in [-0.2, -0.15) is 0 Å². The lowest BCUT2D eigenvalue weighted by Crippen LogP contribution is -2.37. The molecule has 0 saturated heterocycles. The summed E-state index contributed by atoms with van der Waals surface area (Å²) in [6.07, 6.45) is -3.94. The number of carbonyl (C=O) groups excluding carboxylic acids is 1. The highest BCUT2D eigenvalue weighted by atomic mass is 35.5. The maximum Gasteiger partial charge on any atom is 0.573 e. The van der Waals surface area contributed by atoms with Crippen LogP contribution in [0.15, 0.2) is 24.3 Å². The van der Waals surface area contributed by atoms with E-state index in [9.17, 15) is 18.0 Å². The van der Waals surface area contributed by atoms with Crippen molar-refractivity contribution in [2.45, 2.75) is 32.2 Å². The van der Waals surface area contributed by atoms with E-state index in [1.807, 2.05) is 6.92 Å². The van der Waals surface area contributed by atoms with Crippen molar-refractivity contribution in [3.63, 3.8) is 0 Å². The summed E-state index contributed by atoms with van der Waals surface area (Å²) in [5, 5.41) is 5.77. The minimum atomic E-state index is -4.69. The van der Waals surface area contributed by atoms with E-state index < -0.39 is 6.36 Å². The van der Waals surface area contributed by atoms with Gasteiger partial charge in [-0.3, -0.25) is 4.79 Å². The van der Waals surface area contributed by atoms with Crippen molar-refractivity contribution in [3.05, 3.63) is 29.8 Å². The van der Waals surface area contributed by atoms with Gasteiger partial charge in [0.05, 0.1) is 0 Å². The Morgan fingerprint density at radius 1 is 1.27 bits per heavy atom. The van der Waals surface area contributed by atoms with Gasteiger partial charge < -0.3 is 15.4 Å². The Morgan fingerprint density at radius 3 is 2.36 bits per heavy atom. The van der Waals surface area contributed by atoms with Crippen LogP contribution in [0.1, 0.15) is 18.9 Å². The Labute approximate surface area is 133 Å². The molecule has 0 saturated carbocycles. The predicted octanol–water partition coefficient (Wildman–Crippen LogP) is 2.66. The molecule has 2 N–H and O–H groups in total. The molecule has 0 aliphatic heterocycles. The summed E-state index contributed by atoms with van der Waals surface area (Å²) < 4.78 is 39.8. The molecular weight excluding hydrogens is 321 g/mol. The highest BCUT2D eigenvalue weighted by molar-refractivity contribution is 5.85. The number of nitrogens with one attached hydrogen (secondary N) is 2. The highest BCUT2D eigenvalue weighted by Crippen LogP contribution is 2.22. The minimum Gasteiger partial charge on any atom is -0.406 e. The van der Waals surface area contributed by atoms with Gasteiger partial charge in [0.1, 0.15) is 5.75 Å². The zero-order valence-electron chi connectivity index (χ0n) is 12.4. The predicted molar refractivity (Wildman–Crippen MR) is 80.2 cm³/mol. The zero-order chi connectivity index (χ0) is 15.9. The van der Waals surface area contributed by atoms with E-state index in [0.29, 0.717) is 13.0 Å². The van der Waals surface area contributed by atoms with Gasteiger partial charge in [-0.1, -0.05) is 12.1 Å². The maximum atomic E-state index is 12.0. The molecule has 22 heavy (non-hydrogen) atoms. The normalized spacial score (nSPS) is 12.2. The Hall–Kier alpha value is -1.47. The van der Waals surface area contributed by atoms with E-state index in [0.717, 1.165) is 5.56 Å². The van der Waals surface area contributed by atoms with Gasteiger partial charge in [-0.05, 0) is 38.1 Å². The number of hydrogen-bond donors (Lipinski definition) is 2. The summed E-state index contributed by atoms with van der Waals surface area (Å²) >= 11 is 0. The molecular formula is C14H20ClF3N2O2. The first-order valence-corrected chi connectivity index (χ1v) is 6.59. The molecule has 126 valence electrons. The summed E-state index contributed by atoms with van der Waals surface area (Å²) in [6.45, 7) is 2.48. The Kier molecular flexibility index (Phi) is 8.89. The molecule has 1 aromatic carbocycles. The van der Waals surface area contributed by atoms with Crippen molar-refractivity contribution in [1.82, 2.24) is 10.6 Å². The molecule has 0 heterocycles. The second-order valence-corrected chi connectivity index (χ2v) is 4.69. The van der Waals surface area contributed by atoms with Crippen LogP contribution in [0.3, 0.4) is 0 Å². The number of amides is 1. The lowest BCUT2D eigenvalue weighted by Gasteiger charge is -2.11. The lowest BCUT2D eigenvalue weighted by molar-refractivity contribution is -0.274. The first-order chi connectivity index (χ1) is 9.80. The number of aryl methyl sites for hydroxylation is 1. The van der Waals surface area contributed by atoms with Gasteiger partial charge in [-0.25, -0.2) is 0 Å². The summed E-state index contributed by atoms with van der Waals surface area (Å²) in [6, 6.07) is 5.70. The van der Waals surface area contributed by atoms with Gasteiger partial charge in [0.15, 0.2) is 0 Å². The van der Waals surface area contributed by atoms with Gasteiger partial charge >= 0.3 is 6.36 Å². The molecule has 8 heteroatoms. The molecule has 0 fully saturated rings. The fourth-order valence-corrected chi connectivity index (χ4v) is 1.57. The third-order valence-electron chi connectivity index (χ3n) is 2.90. The van der Waals surface area contributed by atoms with Crippen molar-refractivity contribution in [3.8, 4) is 5.75 Å².